The third-order valence-corrected chi connectivity index (χ3v) is 1.40. The fraction of sp³-hybridized carbons (Fsp3) is 0. The number of rotatable bonds is 2. The second-order valence-electron chi connectivity index (χ2n) is 2.29. The zero-order valence-corrected chi connectivity index (χ0v) is 6.55. The van der Waals surface area contributed by atoms with Crippen molar-refractivity contribution in [2.24, 2.45) is 0 Å². The van der Waals surface area contributed by atoms with Gasteiger partial charge in [-0.3, -0.25) is 5.43 Å². The number of anilines is 1. The van der Waals surface area contributed by atoms with Gasteiger partial charge in [-0.05, 0) is 17.3 Å². The van der Waals surface area contributed by atoms with Gasteiger partial charge in [0.25, 0.3) is 0 Å². The Kier molecular flexibility index (Phi) is 1.87. The largest absolute Gasteiger partial charge is 0.257 e. The van der Waals surface area contributed by atoms with Crippen molar-refractivity contribution >= 4 is 5.82 Å². The highest BCUT2D eigenvalue weighted by Crippen LogP contribution is 2.07. The van der Waals surface area contributed by atoms with Gasteiger partial charge in [0.2, 0.25) is 0 Å². The summed E-state index contributed by atoms with van der Waals surface area (Å²) >= 11 is 0. The van der Waals surface area contributed by atoms with Crippen molar-refractivity contribution in [2.45, 2.75) is 0 Å². The van der Waals surface area contributed by atoms with Crippen LogP contribution in [0.1, 0.15) is 0 Å². The van der Waals surface area contributed by atoms with Crippen LogP contribution in [0.2, 0.25) is 0 Å². The average Bonchev–Trinajstić information content (AvgIpc) is 2.61. The first kappa shape index (κ1) is 7.66. The van der Waals surface area contributed by atoms with Crippen LogP contribution in [0.5, 0.6) is 0 Å². The van der Waals surface area contributed by atoms with E-state index in [-0.39, 0.29) is 5.82 Å². The first-order valence-corrected chi connectivity index (χ1v) is 3.60. The summed E-state index contributed by atoms with van der Waals surface area (Å²) in [5.41, 5.74) is 2.61. The molecule has 0 spiro atoms. The van der Waals surface area contributed by atoms with Crippen LogP contribution in [0, 0.1) is 5.82 Å². The monoisotopic (exact) mass is 179 g/mol. The van der Waals surface area contributed by atoms with E-state index in [4.69, 9.17) is 0 Å². The molecule has 66 valence electrons. The summed E-state index contributed by atoms with van der Waals surface area (Å²) in [5.74, 6) is -0.314. The molecule has 1 N–H and O–H groups in total. The zero-order chi connectivity index (χ0) is 9.10. The minimum atomic E-state index is -0.432. The third-order valence-electron chi connectivity index (χ3n) is 1.40. The van der Waals surface area contributed by atoms with E-state index >= 15 is 0 Å². The standard InChI is InChI=1S/C7H6FN5/c8-6-2-1-3-9-7(6)11-13-5-4-10-12-13/h1-5H,(H,9,11). The van der Waals surface area contributed by atoms with Crippen molar-refractivity contribution in [3.05, 3.63) is 36.5 Å². The summed E-state index contributed by atoms with van der Waals surface area (Å²) in [5, 5.41) is 7.15. The maximum Gasteiger partial charge on any atom is 0.182 e. The van der Waals surface area contributed by atoms with Crippen LogP contribution >= 0.6 is 0 Å². The Balaban J connectivity index is 2.24. The topological polar surface area (TPSA) is 55.6 Å². The maximum atomic E-state index is 13.0. The first-order valence-electron chi connectivity index (χ1n) is 3.60. The Morgan fingerprint density at radius 2 is 2.31 bits per heavy atom. The van der Waals surface area contributed by atoms with Gasteiger partial charge < -0.3 is 0 Å². The lowest BCUT2D eigenvalue weighted by atomic mass is 10.4. The smallest absolute Gasteiger partial charge is 0.182 e. The van der Waals surface area contributed by atoms with Crippen molar-refractivity contribution in [3.8, 4) is 0 Å². The fourth-order valence-electron chi connectivity index (χ4n) is 0.844. The molecule has 13 heavy (non-hydrogen) atoms. The molecule has 0 amide bonds. The quantitative estimate of drug-likeness (QED) is 0.736. The number of hydrogen-bond donors (Lipinski definition) is 1. The van der Waals surface area contributed by atoms with Gasteiger partial charge in [0, 0.05) is 6.20 Å². The molecule has 5 nitrogen and oxygen atoms in total. The molecule has 0 aromatic carbocycles. The molecule has 0 aliphatic heterocycles. The minimum Gasteiger partial charge on any atom is -0.257 e. The highest BCUT2D eigenvalue weighted by atomic mass is 19.1. The lowest BCUT2D eigenvalue weighted by molar-refractivity contribution is 0.616. The Morgan fingerprint density at radius 3 is 3.00 bits per heavy atom. The number of nitrogens with zero attached hydrogens (tertiary/aromatic N) is 4. The molecule has 6 heteroatoms. The average molecular weight is 179 g/mol. The Labute approximate surface area is 73.2 Å². The van der Waals surface area contributed by atoms with Gasteiger partial charge in [-0.2, -0.15) is 4.79 Å². The Hall–Kier alpha value is -1.98. The van der Waals surface area contributed by atoms with Crippen molar-refractivity contribution < 1.29 is 4.39 Å². The van der Waals surface area contributed by atoms with E-state index in [9.17, 15) is 4.39 Å². The number of nitrogens with one attached hydrogen (secondary N) is 1. The molecule has 0 saturated heterocycles. The van der Waals surface area contributed by atoms with E-state index in [2.05, 4.69) is 20.7 Å². The molecule has 0 fully saturated rings. The van der Waals surface area contributed by atoms with Crippen molar-refractivity contribution in [2.75, 3.05) is 5.43 Å². The highest BCUT2D eigenvalue weighted by Gasteiger charge is 2.01. The molecular formula is C7H6FN5. The molecule has 0 radical (unpaired) electrons. The van der Waals surface area contributed by atoms with Crippen molar-refractivity contribution in [3.63, 3.8) is 0 Å². The van der Waals surface area contributed by atoms with Crippen LogP contribution in [-0.2, 0) is 0 Å². The molecule has 2 aromatic rings. The third kappa shape index (κ3) is 1.61. The van der Waals surface area contributed by atoms with Gasteiger partial charge in [0.1, 0.15) is 0 Å². The van der Waals surface area contributed by atoms with Crippen LogP contribution in [0.3, 0.4) is 0 Å². The number of hydrogen-bond acceptors (Lipinski definition) is 4. The maximum absolute atomic E-state index is 13.0. The van der Waals surface area contributed by atoms with Gasteiger partial charge >= 0.3 is 0 Å². The lowest BCUT2D eigenvalue weighted by Crippen LogP contribution is -2.12. The molecule has 0 unspecified atom stereocenters. The van der Waals surface area contributed by atoms with Crippen LogP contribution in [-0.4, -0.2) is 20.1 Å². The Bertz CT molecular complexity index is 386. The van der Waals surface area contributed by atoms with Crippen molar-refractivity contribution in [1.29, 1.82) is 0 Å². The van der Waals surface area contributed by atoms with Gasteiger partial charge in [0.05, 0.1) is 12.4 Å². The number of aromatic nitrogens is 4. The predicted octanol–water partition coefficient (Wildman–Crippen LogP) is 0.687. The first-order chi connectivity index (χ1) is 6.36. The van der Waals surface area contributed by atoms with E-state index in [1.54, 1.807) is 6.20 Å². The predicted molar refractivity (Wildman–Crippen MR) is 43.2 cm³/mol. The van der Waals surface area contributed by atoms with E-state index < -0.39 is 5.82 Å². The molecule has 2 rings (SSSR count). The summed E-state index contributed by atoms with van der Waals surface area (Å²) in [6.45, 7) is 0. The second kappa shape index (κ2) is 3.18. The molecule has 0 saturated carbocycles. The van der Waals surface area contributed by atoms with Gasteiger partial charge in [0.15, 0.2) is 11.6 Å². The van der Waals surface area contributed by atoms with Crippen molar-refractivity contribution in [1.82, 2.24) is 20.1 Å². The van der Waals surface area contributed by atoms with E-state index in [0.29, 0.717) is 0 Å². The summed E-state index contributed by atoms with van der Waals surface area (Å²) < 4.78 is 13.0. The molecule has 0 atom stereocenters. The molecule has 2 heterocycles. The fourth-order valence-corrected chi connectivity index (χ4v) is 0.844. The van der Waals surface area contributed by atoms with Gasteiger partial charge in [-0.15, -0.1) is 5.10 Å². The lowest BCUT2D eigenvalue weighted by Gasteiger charge is -2.03. The summed E-state index contributed by atoms with van der Waals surface area (Å²) in [6.07, 6.45) is 4.52. The molecule has 0 aliphatic rings. The normalized spacial score (nSPS) is 9.92. The Morgan fingerprint density at radius 1 is 1.38 bits per heavy atom. The summed E-state index contributed by atoms with van der Waals surface area (Å²) in [7, 11) is 0. The number of pyridine rings is 1. The number of halogens is 1. The highest BCUT2D eigenvalue weighted by molar-refractivity contribution is 5.34. The van der Waals surface area contributed by atoms with Crippen LogP contribution in [0.15, 0.2) is 30.7 Å². The van der Waals surface area contributed by atoms with Crippen LogP contribution in [0.25, 0.3) is 0 Å². The molecule has 0 bridgehead atoms. The van der Waals surface area contributed by atoms with E-state index in [0.717, 1.165) is 0 Å². The molecule has 2 aromatic heterocycles. The molecular weight excluding hydrogens is 173 g/mol. The van der Waals surface area contributed by atoms with Gasteiger partial charge in [-0.1, -0.05) is 0 Å². The van der Waals surface area contributed by atoms with E-state index in [1.165, 1.54) is 29.3 Å². The van der Waals surface area contributed by atoms with E-state index in [1.807, 2.05) is 0 Å². The van der Waals surface area contributed by atoms with Crippen LogP contribution in [0.4, 0.5) is 10.2 Å². The van der Waals surface area contributed by atoms with Gasteiger partial charge in [-0.25, -0.2) is 9.37 Å². The molecule has 0 aliphatic carbocycles. The minimum absolute atomic E-state index is 0.119. The zero-order valence-electron chi connectivity index (χ0n) is 6.55. The summed E-state index contributed by atoms with van der Waals surface area (Å²) in [6, 6.07) is 2.83. The SMILES string of the molecule is Fc1cccnc1Nn1ccnn1. The summed E-state index contributed by atoms with van der Waals surface area (Å²) in [4.78, 5) is 5.05. The second-order valence-corrected chi connectivity index (χ2v) is 2.29. The van der Waals surface area contributed by atoms with Crippen LogP contribution < -0.4 is 5.43 Å².